The normalized spacial score (nSPS) is 11.3. The van der Waals surface area contributed by atoms with E-state index < -0.39 is 0 Å². The lowest BCUT2D eigenvalue weighted by molar-refractivity contribution is 0.654. The molecule has 3 N–H and O–H groups in total. The van der Waals surface area contributed by atoms with Crippen LogP contribution in [0.4, 0.5) is 0 Å². The number of nitrogens with one attached hydrogen (secondary N) is 3. The summed E-state index contributed by atoms with van der Waals surface area (Å²) in [5, 5.41) is 9.44. The maximum Gasteiger partial charge on any atom is 0.340 e. The molecule has 0 aliphatic rings. The highest BCUT2D eigenvalue weighted by Gasteiger charge is 2.03. The van der Waals surface area contributed by atoms with Gasteiger partial charge in [0.05, 0.1) is 6.54 Å². The molecule has 0 saturated carbocycles. The van der Waals surface area contributed by atoms with E-state index >= 15 is 0 Å². The fourth-order valence-electron chi connectivity index (χ4n) is 1.72. The second-order valence-corrected chi connectivity index (χ2v) is 5.95. The molecule has 0 unspecified atom stereocenters. The standard InChI is InChI=1S/C12H18N4OS/c1-8(2)5-9-3-4-10(18-9)6-13-7-11-14-12(17)16-15-11/h3-4,8,13H,5-7H2,1-2H3,(H2,14,15,16,17). The average molecular weight is 266 g/mol. The number of thiophene rings is 1. The van der Waals surface area contributed by atoms with Crippen molar-refractivity contribution in [1.29, 1.82) is 0 Å². The van der Waals surface area contributed by atoms with Crippen molar-refractivity contribution in [3.8, 4) is 0 Å². The lowest BCUT2D eigenvalue weighted by Gasteiger charge is -2.01. The van der Waals surface area contributed by atoms with Crippen LogP contribution in [-0.2, 0) is 19.5 Å². The largest absolute Gasteiger partial charge is 0.340 e. The molecule has 0 bridgehead atoms. The second-order valence-electron chi connectivity index (χ2n) is 4.69. The van der Waals surface area contributed by atoms with Crippen molar-refractivity contribution >= 4 is 11.3 Å². The Balaban J connectivity index is 1.79. The highest BCUT2D eigenvalue weighted by Crippen LogP contribution is 2.19. The van der Waals surface area contributed by atoms with E-state index in [4.69, 9.17) is 0 Å². The number of aromatic amines is 2. The van der Waals surface area contributed by atoms with Gasteiger partial charge in [0.15, 0.2) is 0 Å². The Kier molecular flexibility index (Phi) is 4.33. The second kappa shape index (κ2) is 5.97. The summed E-state index contributed by atoms with van der Waals surface area (Å²) in [7, 11) is 0. The fraction of sp³-hybridized carbons (Fsp3) is 0.500. The van der Waals surface area contributed by atoms with E-state index in [-0.39, 0.29) is 5.69 Å². The van der Waals surface area contributed by atoms with Crippen LogP contribution in [-0.4, -0.2) is 15.2 Å². The van der Waals surface area contributed by atoms with E-state index in [1.807, 2.05) is 11.3 Å². The first-order chi connectivity index (χ1) is 8.63. The van der Waals surface area contributed by atoms with Crippen LogP contribution >= 0.6 is 11.3 Å². The first-order valence-electron chi connectivity index (χ1n) is 6.05. The van der Waals surface area contributed by atoms with E-state index in [1.165, 1.54) is 9.75 Å². The summed E-state index contributed by atoms with van der Waals surface area (Å²) in [6.07, 6.45) is 1.14. The molecule has 98 valence electrons. The molecule has 0 aliphatic heterocycles. The molecule has 2 rings (SSSR count). The SMILES string of the molecule is CC(C)Cc1ccc(CNCc2n[nH]c(=O)[nH]2)s1. The van der Waals surface area contributed by atoms with Gasteiger partial charge >= 0.3 is 5.69 Å². The molecule has 0 fully saturated rings. The maximum atomic E-state index is 10.8. The minimum Gasteiger partial charge on any atom is -0.305 e. The fourth-order valence-corrected chi connectivity index (χ4v) is 2.92. The zero-order chi connectivity index (χ0) is 13.0. The minimum atomic E-state index is -0.262. The van der Waals surface area contributed by atoms with Crippen molar-refractivity contribution in [2.75, 3.05) is 0 Å². The number of aromatic nitrogens is 3. The Morgan fingerprint density at radius 3 is 2.78 bits per heavy atom. The molecule has 0 aliphatic carbocycles. The van der Waals surface area contributed by atoms with E-state index in [9.17, 15) is 4.79 Å². The molecule has 2 aromatic heterocycles. The molecule has 2 heterocycles. The van der Waals surface area contributed by atoms with Crippen LogP contribution < -0.4 is 11.0 Å². The summed E-state index contributed by atoms with van der Waals surface area (Å²) < 4.78 is 0. The van der Waals surface area contributed by atoms with Gasteiger partial charge in [-0.3, -0.25) is 4.98 Å². The number of hydrogen-bond donors (Lipinski definition) is 3. The summed E-state index contributed by atoms with van der Waals surface area (Å²) >= 11 is 1.84. The molecule has 6 heteroatoms. The zero-order valence-electron chi connectivity index (χ0n) is 10.6. The summed E-state index contributed by atoms with van der Waals surface area (Å²) in [6, 6.07) is 4.35. The predicted octanol–water partition coefficient (Wildman–Crippen LogP) is 1.65. The number of hydrogen-bond acceptors (Lipinski definition) is 4. The molecule has 0 aromatic carbocycles. The average Bonchev–Trinajstić information content (AvgIpc) is 2.88. The third kappa shape index (κ3) is 3.82. The summed E-state index contributed by atoms with van der Waals surface area (Å²) in [5.41, 5.74) is -0.262. The molecule has 0 radical (unpaired) electrons. The van der Waals surface area contributed by atoms with E-state index in [0.717, 1.165) is 13.0 Å². The van der Waals surface area contributed by atoms with Crippen molar-refractivity contribution in [2.45, 2.75) is 33.4 Å². The highest BCUT2D eigenvalue weighted by molar-refractivity contribution is 7.11. The summed E-state index contributed by atoms with van der Waals surface area (Å²) in [6.45, 7) is 5.82. The smallest absolute Gasteiger partial charge is 0.305 e. The first kappa shape index (κ1) is 13.0. The predicted molar refractivity (Wildman–Crippen MR) is 72.6 cm³/mol. The van der Waals surface area contributed by atoms with Crippen LogP contribution in [0.25, 0.3) is 0 Å². The topological polar surface area (TPSA) is 73.6 Å². The molecule has 2 aromatic rings. The third-order valence-corrected chi connectivity index (χ3v) is 3.58. The van der Waals surface area contributed by atoms with Gasteiger partial charge < -0.3 is 5.32 Å². The Morgan fingerprint density at radius 1 is 1.33 bits per heavy atom. The molecular weight excluding hydrogens is 248 g/mol. The van der Waals surface area contributed by atoms with Crippen molar-refractivity contribution in [1.82, 2.24) is 20.5 Å². The quantitative estimate of drug-likeness (QED) is 0.744. The van der Waals surface area contributed by atoms with Gasteiger partial charge in [-0.05, 0) is 24.5 Å². The molecule has 0 atom stereocenters. The highest BCUT2D eigenvalue weighted by atomic mass is 32.1. The maximum absolute atomic E-state index is 10.8. The summed E-state index contributed by atoms with van der Waals surface area (Å²) in [4.78, 5) is 16.2. The van der Waals surface area contributed by atoms with Gasteiger partial charge in [0.2, 0.25) is 0 Å². The Hall–Kier alpha value is -1.40. The van der Waals surface area contributed by atoms with Crippen molar-refractivity contribution < 1.29 is 0 Å². The monoisotopic (exact) mass is 266 g/mol. The number of nitrogens with zero attached hydrogens (tertiary/aromatic N) is 1. The van der Waals surface area contributed by atoms with Gasteiger partial charge in [0, 0.05) is 16.3 Å². The lowest BCUT2D eigenvalue weighted by Crippen LogP contribution is -2.13. The molecule has 0 spiro atoms. The van der Waals surface area contributed by atoms with E-state index in [1.54, 1.807) is 0 Å². The first-order valence-corrected chi connectivity index (χ1v) is 6.87. The van der Waals surface area contributed by atoms with Gasteiger partial charge in [-0.2, -0.15) is 5.10 Å². The minimum absolute atomic E-state index is 0.262. The Bertz CT molecular complexity index is 540. The number of rotatable bonds is 6. The van der Waals surface area contributed by atoms with Crippen LogP contribution in [0.1, 0.15) is 29.4 Å². The number of H-pyrrole nitrogens is 2. The van der Waals surface area contributed by atoms with Crippen molar-refractivity contribution in [2.24, 2.45) is 5.92 Å². The molecule has 5 nitrogen and oxygen atoms in total. The Labute approximate surface area is 110 Å². The van der Waals surface area contributed by atoms with Gasteiger partial charge in [-0.15, -0.1) is 11.3 Å². The summed E-state index contributed by atoms with van der Waals surface area (Å²) in [5.74, 6) is 1.33. The van der Waals surface area contributed by atoms with Gasteiger partial charge in [0.25, 0.3) is 0 Å². The van der Waals surface area contributed by atoms with E-state index in [0.29, 0.717) is 18.3 Å². The molecular formula is C12H18N4OS. The van der Waals surface area contributed by atoms with Crippen LogP contribution in [0, 0.1) is 5.92 Å². The van der Waals surface area contributed by atoms with Crippen LogP contribution in [0.2, 0.25) is 0 Å². The van der Waals surface area contributed by atoms with Crippen molar-refractivity contribution in [3.63, 3.8) is 0 Å². The van der Waals surface area contributed by atoms with Gasteiger partial charge in [-0.25, -0.2) is 9.89 Å². The Morgan fingerprint density at radius 2 is 2.11 bits per heavy atom. The molecule has 0 saturated heterocycles. The molecule has 0 amide bonds. The van der Waals surface area contributed by atoms with E-state index in [2.05, 4.69) is 46.5 Å². The zero-order valence-corrected chi connectivity index (χ0v) is 11.4. The van der Waals surface area contributed by atoms with Crippen LogP contribution in [0.3, 0.4) is 0 Å². The third-order valence-electron chi connectivity index (χ3n) is 2.47. The van der Waals surface area contributed by atoms with Crippen molar-refractivity contribution in [3.05, 3.63) is 38.2 Å². The van der Waals surface area contributed by atoms with Gasteiger partial charge in [-0.1, -0.05) is 13.8 Å². The van der Waals surface area contributed by atoms with Crippen LogP contribution in [0.5, 0.6) is 0 Å². The van der Waals surface area contributed by atoms with Crippen LogP contribution in [0.15, 0.2) is 16.9 Å². The molecule has 18 heavy (non-hydrogen) atoms. The van der Waals surface area contributed by atoms with Gasteiger partial charge in [0.1, 0.15) is 5.82 Å². The lowest BCUT2D eigenvalue weighted by atomic mass is 10.1.